The van der Waals surface area contributed by atoms with Gasteiger partial charge in [-0.3, -0.25) is 9.59 Å². The Balaban J connectivity index is 3.46. The standard InChI is InChI=1S/C66H127NO5/c1-3-5-7-9-11-13-15-17-19-21-23-24-25-26-27-29-30-32-34-38-42-46-50-54-58-64(69)63(62-68)67-65(70)59-55-51-47-43-39-36-37-41-45-49-53-57-61-72-66(71)60-56-52-48-44-40-35-33-31-28-22-20-18-16-14-12-10-8-6-4-2/h18,20,37,41,63-64,68-69H,3-17,19,21-36,38-40,42-62H2,1-2H3,(H,67,70)/b20-18-,41-37-. The fourth-order valence-electron chi connectivity index (χ4n) is 10.2. The number of ether oxygens (including phenoxy) is 1. The zero-order chi connectivity index (χ0) is 52.2. The molecule has 0 aromatic rings. The van der Waals surface area contributed by atoms with Crippen LogP contribution in [-0.2, 0) is 14.3 Å². The first kappa shape index (κ1) is 70.3. The lowest BCUT2D eigenvalue weighted by Crippen LogP contribution is -2.45. The van der Waals surface area contributed by atoms with Crippen LogP contribution >= 0.6 is 0 Å². The highest BCUT2D eigenvalue weighted by Crippen LogP contribution is 2.18. The number of rotatable bonds is 61. The molecule has 0 rings (SSSR count). The van der Waals surface area contributed by atoms with Gasteiger partial charge in [-0.05, 0) is 83.5 Å². The summed E-state index contributed by atoms with van der Waals surface area (Å²) in [5.74, 6) is -0.0788. The Bertz CT molecular complexity index is 1120. The van der Waals surface area contributed by atoms with E-state index < -0.39 is 12.1 Å². The summed E-state index contributed by atoms with van der Waals surface area (Å²) in [4.78, 5) is 24.6. The third-order valence-corrected chi connectivity index (χ3v) is 15.2. The Morgan fingerprint density at radius 3 is 0.986 bits per heavy atom. The molecule has 0 bridgehead atoms. The number of carbonyl (C=O) groups is 2. The predicted molar refractivity (Wildman–Crippen MR) is 315 cm³/mol. The van der Waals surface area contributed by atoms with Crippen LogP contribution in [0.5, 0.6) is 0 Å². The SMILES string of the molecule is CCCCCCCC/C=C\CCCCCCCCCCCC(=O)OCCCCC/C=C\CCCCCCCC(=O)NC(CO)C(O)CCCCCCCCCCCCCCCCCCCCCCCCCC. The first-order valence-corrected chi connectivity index (χ1v) is 32.6. The van der Waals surface area contributed by atoms with Crippen molar-refractivity contribution in [2.24, 2.45) is 0 Å². The molecule has 0 heterocycles. The fraction of sp³-hybridized carbons (Fsp3) is 0.909. The zero-order valence-electron chi connectivity index (χ0n) is 48.7. The van der Waals surface area contributed by atoms with Gasteiger partial charge in [0, 0.05) is 12.8 Å². The van der Waals surface area contributed by atoms with Gasteiger partial charge in [0.1, 0.15) is 0 Å². The predicted octanol–water partition coefficient (Wildman–Crippen LogP) is 20.6. The number of hydrogen-bond donors (Lipinski definition) is 3. The van der Waals surface area contributed by atoms with Crippen molar-refractivity contribution in [2.45, 2.75) is 373 Å². The summed E-state index contributed by atoms with van der Waals surface area (Å²) in [6.07, 6.45) is 76.2. The summed E-state index contributed by atoms with van der Waals surface area (Å²) >= 11 is 0. The van der Waals surface area contributed by atoms with Gasteiger partial charge >= 0.3 is 5.97 Å². The van der Waals surface area contributed by atoms with Gasteiger partial charge in [0.15, 0.2) is 0 Å². The zero-order valence-corrected chi connectivity index (χ0v) is 48.7. The molecule has 0 aliphatic carbocycles. The third-order valence-electron chi connectivity index (χ3n) is 15.2. The van der Waals surface area contributed by atoms with E-state index in [9.17, 15) is 19.8 Å². The number of esters is 1. The highest BCUT2D eigenvalue weighted by atomic mass is 16.5. The Kier molecular flexibility index (Phi) is 60.5. The van der Waals surface area contributed by atoms with Gasteiger partial charge < -0.3 is 20.3 Å². The van der Waals surface area contributed by atoms with Crippen LogP contribution in [0.3, 0.4) is 0 Å². The molecular weight excluding hydrogens is 887 g/mol. The van der Waals surface area contributed by atoms with Gasteiger partial charge in [0.2, 0.25) is 5.91 Å². The number of hydrogen-bond acceptors (Lipinski definition) is 5. The number of aliphatic hydroxyl groups excluding tert-OH is 2. The average Bonchev–Trinajstić information content (AvgIpc) is 3.38. The average molecular weight is 1010 g/mol. The van der Waals surface area contributed by atoms with Crippen LogP contribution in [0.1, 0.15) is 361 Å². The minimum Gasteiger partial charge on any atom is -0.466 e. The van der Waals surface area contributed by atoms with Gasteiger partial charge in [-0.1, -0.05) is 289 Å². The number of nitrogens with one attached hydrogen (secondary N) is 1. The quantitative estimate of drug-likeness (QED) is 0.0320. The van der Waals surface area contributed by atoms with Gasteiger partial charge in [0.05, 0.1) is 25.4 Å². The van der Waals surface area contributed by atoms with Crippen molar-refractivity contribution >= 4 is 11.9 Å². The summed E-state index contributed by atoms with van der Waals surface area (Å²) in [7, 11) is 0. The second-order valence-electron chi connectivity index (χ2n) is 22.4. The smallest absolute Gasteiger partial charge is 0.305 e. The summed E-state index contributed by atoms with van der Waals surface area (Å²) in [5.41, 5.74) is 0. The molecule has 1 amide bonds. The van der Waals surface area contributed by atoms with Gasteiger partial charge in [-0.2, -0.15) is 0 Å². The van der Waals surface area contributed by atoms with Crippen LogP contribution in [0.2, 0.25) is 0 Å². The molecule has 0 fully saturated rings. The molecule has 0 aliphatic heterocycles. The monoisotopic (exact) mass is 1010 g/mol. The first-order chi connectivity index (χ1) is 35.5. The lowest BCUT2D eigenvalue weighted by Gasteiger charge is -2.22. The molecule has 2 unspecified atom stereocenters. The second-order valence-corrected chi connectivity index (χ2v) is 22.4. The van der Waals surface area contributed by atoms with Crippen molar-refractivity contribution in [1.29, 1.82) is 0 Å². The van der Waals surface area contributed by atoms with Crippen LogP contribution in [0.25, 0.3) is 0 Å². The van der Waals surface area contributed by atoms with Gasteiger partial charge in [-0.15, -0.1) is 0 Å². The number of aliphatic hydroxyl groups is 2. The van der Waals surface area contributed by atoms with E-state index in [2.05, 4.69) is 43.5 Å². The Morgan fingerprint density at radius 1 is 0.375 bits per heavy atom. The molecule has 2 atom stereocenters. The topological polar surface area (TPSA) is 95.9 Å². The van der Waals surface area contributed by atoms with Gasteiger partial charge in [0.25, 0.3) is 0 Å². The van der Waals surface area contributed by atoms with Crippen molar-refractivity contribution < 1.29 is 24.5 Å². The molecule has 0 aliphatic rings. The summed E-state index contributed by atoms with van der Waals surface area (Å²) in [6.45, 7) is 4.92. The van der Waals surface area contributed by atoms with Crippen LogP contribution in [0.4, 0.5) is 0 Å². The third kappa shape index (κ3) is 57.6. The molecule has 426 valence electrons. The molecule has 0 spiro atoms. The van der Waals surface area contributed by atoms with E-state index in [1.54, 1.807) is 0 Å². The number of amides is 1. The van der Waals surface area contributed by atoms with Crippen molar-refractivity contribution in [2.75, 3.05) is 13.2 Å². The van der Waals surface area contributed by atoms with E-state index in [0.717, 1.165) is 77.0 Å². The van der Waals surface area contributed by atoms with E-state index in [-0.39, 0.29) is 18.5 Å². The Morgan fingerprint density at radius 2 is 0.653 bits per heavy atom. The maximum absolute atomic E-state index is 12.5. The summed E-state index contributed by atoms with van der Waals surface area (Å²) in [5, 5.41) is 23.4. The Hall–Kier alpha value is -1.66. The lowest BCUT2D eigenvalue weighted by atomic mass is 10.0. The summed E-state index contributed by atoms with van der Waals surface area (Å²) < 4.78 is 5.47. The van der Waals surface area contributed by atoms with E-state index >= 15 is 0 Å². The molecule has 3 N–H and O–H groups in total. The molecule has 0 aromatic carbocycles. The van der Waals surface area contributed by atoms with E-state index in [0.29, 0.717) is 25.9 Å². The van der Waals surface area contributed by atoms with E-state index in [1.165, 1.54) is 250 Å². The molecule has 6 nitrogen and oxygen atoms in total. The number of allylic oxidation sites excluding steroid dienone is 4. The second kappa shape index (κ2) is 61.9. The molecule has 72 heavy (non-hydrogen) atoms. The molecule has 0 saturated heterocycles. The molecule has 6 heteroatoms. The number of carbonyl (C=O) groups excluding carboxylic acids is 2. The van der Waals surface area contributed by atoms with E-state index in [1.807, 2.05) is 0 Å². The minimum atomic E-state index is -0.682. The van der Waals surface area contributed by atoms with E-state index in [4.69, 9.17) is 4.74 Å². The molecular formula is C66H127NO5. The Labute approximate surface area is 450 Å². The normalized spacial score (nSPS) is 12.7. The van der Waals surface area contributed by atoms with Gasteiger partial charge in [-0.25, -0.2) is 0 Å². The lowest BCUT2D eigenvalue weighted by molar-refractivity contribution is -0.143. The first-order valence-electron chi connectivity index (χ1n) is 32.6. The van der Waals surface area contributed by atoms with Crippen molar-refractivity contribution in [3.63, 3.8) is 0 Å². The molecule has 0 aromatic heterocycles. The van der Waals surface area contributed by atoms with Crippen molar-refractivity contribution in [3.05, 3.63) is 24.3 Å². The highest BCUT2D eigenvalue weighted by Gasteiger charge is 2.20. The van der Waals surface area contributed by atoms with Crippen LogP contribution in [-0.4, -0.2) is 47.4 Å². The maximum Gasteiger partial charge on any atom is 0.305 e. The van der Waals surface area contributed by atoms with Crippen LogP contribution in [0, 0.1) is 0 Å². The highest BCUT2D eigenvalue weighted by molar-refractivity contribution is 5.76. The minimum absolute atomic E-state index is 0.0219. The number of unbranched alkanes of at least 4 members (excludes halogenated alkanes) is 46. The summed E-state index contributed by atoms with van der Waals surface area (Å²) in [6, 6.07) is -0.562. The largest absolute Gasteiger partial charge is 0.466 e. The van der Waals surface area contributed by atoms with Crippen LogP contribution < -0.4 is 5.32 Å². The van der Waals surface area contributed by atoms with Crippen molar-refractivity contribution in [3.8, 4) is 0 Å². The maximum atomic E-state index is 12.5. The molecule has 0 radical (unpaired) electrons. The molecule has 0 saturated carbocycles. The van der Waals surface area contributed by atoms with Crippen molar-refractivity contribution in [1.82, 2.24) is 5.32 Å². The fourth-order valence-corrected chi connectivity index (χ4v) is 10.2. The van der Waals surface area contributed by atoms with Crippen LogP contribution in [0.15, 0.2) is 24.3 Å².